The van der Waals surface area contributed by atoms with Crippen molar-refractivity contribution < 1.29 is 9.53 Å². The van der Waals surface area contributed by atoms with Gasteiger partial charge in [0.1, 0.15) is 6.04 Å². The van der Waals surface area contributed by atoms with Crippen molar-refractivity contribution in [1.82, 2.24) is 19.9 Å². The number of ether oxygens (including phenoxy) is 1. The summed E-state index contributed by atoms with van der Waals surface area (Å²) in [6, 6.07) is 5.37. The van der Waals surface area contributed by atoms with Crippen LogP contribution in [0.1, 0.15) is 29.8 Å². The molecule has 0 bridgehead atoms. The van der Waals surface area contributed by atoms with Crippen LogP contribution in [0.4, 0.5) is 10.7 Å². The fraction of sp³-hybridized carbons (Fsp3) is 0.278. The number of hydrogen-bond donors (Lipinski definition) is 2. The van der Waals surface area contributed by atoms with Gasteiger partial charge in [-0.05, 0) is 37.1 Å². The Hall–Kier alpha value is -2.80. The highest BCUT2D eigenvalue weighted by molar-refractivity contribution is 6.31. The molecule has 3 aromatic rings. The van der Waals surface area contributed by atoms with Gasteiger partial charge < -0.3 is 15.5 Å². The van der Waals surface area contributed by atoms with Gasteiger partial charge in [-0.25, -0.2) is 14.8 Å². The van der Waals surface area contributed by atoms with Gasteiger partial charge in [0.15, 0.2) is 0 Å². The molecule has 3 N–H and O–H groups in total. The minimum atomic E-state index is -0.371. The van der Waals surface area contributed by atoms with E-state index in [1.807, 2.05) is 18.2 Å². The van der Waals surface area contributed by atoms with Gasteiger partial charge in [0.25, 0.3) is 0 Å². The third-order valence-electron chi connectivity index (χ3n) is 4.60. The number of carbonyl (C=O) groups is 1. The molecule has 134 valence electrons. The van der Waals surface area contributed by atoms with E-state index in [1.54, 1.807) is 24.2 Å². The Morgan fingerprint density at radius 1 is 1.42 bits per heavy atom. The fourth-order valence-electron chi connectivity index (χ4n) is 3.50. The number of halogens is 1. The number of fused-ring (bicyclic) bond motifs is 3. The largest absolute Gasteiger partial charge is 0.450 e. The molecule has 1 aromatic carbocycles. The number of benzene rings is 1. The molecule has 1 aliphatic rings. The standard InChI is InChI=1S/C18H18ClN5O2/c1-2-26-18(25)24-6-5-12-13-7-11(19)3-4-14(13)23-15(12)16(24)10-8-21-17(20)22-9-10/h3-4,7-9,16,23H,2,5-6H2,1H3,(H2,20,21,22). The van der Waals surface area contributed by atoms with Crippen LogP contribution in [-0.4, -0.2) is 39.1 Å². The topological polar surface area (TPSA) is 97.1 Å². The molecular weight excluding hydrogens is 354 g/mol. The van der Waals surface area contributed by atoms with E-state index in [0.717, 1.165) is 27.7 Å². The number of aromatic amines is 1. The number of hydrogen-bond acceptors (Lipinski definition) is 5. The van der Waals surface area contributed by atoms with Gasteiger partial charge in [0, 0.05) is 46.1 Å². The van der Waals surface area contributed by atoms with Crippen LogP contribution in [0.25, 0.3) is 10.9 Å². The number of carbonyl (C=O) groups excluding carboxylic acids is 1. The summed E-state index contributed by atoms with van der Waals surface area (Å²) < 4.78 is 5.25. The van der Waals surface area contributed by atoms with Crippen molar-refractivity contribution in [3.63, 3.8) is 0 Å². The monoisotopic (exact) mass is 371 g/mol. The first kappa shape index (κ1) is 16.7. The molecule has 26 heavy (non-hydrogen) atoms. The van der Waals surface area contributed by atoms with Crippen LogP contribution < -0.4 is 5.73 Å². The van der Waals surface area contributed by atoms with Crippen LogP contribution in [0.3, 0.4) is 0 Å². The maximum absolute atomic E-state index is 12.5. The number of anilines is 1. The molecule has 1 aliphatic heterocycles. The summed E-state index contributed by atoms with van der Waals surface area (Å²) in [6.07, 6.45) is 3.64. The Morgan fingerprint density at radius 2 is 2.19 bits per heavy atom. The first-order valence-electron chi connectivity index (χ1n) is 8.39. The van der Waals surface area contributed by atoms with Crippen molar-refractivity contribution in [2.24, 2.45) is 0 Å². The van der Waals surface area contributed by atoms with Gasteiger partial charge in [-0.2, -0.15) is 0 Å². The van der Waals surface area contributed by atoms with Gasteiger partial charge in [0.05, 0.1) is 6.61 Å². The Bertz CT molecular complexity index is 970. The second kappa shape index (κ2) is 6.49. The lowest BCUT2D eigenvalue weighted by molar-refractivity contribution is 0.0931. The number of amides is 1. The van der Waals surface area contributed by atoms with Crippen LogP contribution in [0.2, 0.25) is 5.02 Å². The summed E-state index contributed by atoms with van der Waals surface area (Å²) in [6.45, 7) is 2.63. The Balaban J connectivity index is 1.88. The molecule has 0 fully saturated rings. The molecule has 3 heterocycles. The molecule has 8 heteroatoms. The smallest absolute Gasteiger partial charge is 0.410 e. The predicted molar refractivity (Wildman–Crippen MR) is 99.0 cm³/mol. The average Bonchev–Trinajstić information content (AvgIpc) is 3.00. The number of nitrogen functional groups attached to an aromatic ring is 1. The van der Waals surface area contributed by atoms with E-state index in [1.165, 1.54) is 0 Å². The van der Waals surface area contributed by atoms with E-state index in [0.29, 0.717) is 24.6 Å². The quantitative estimate of drug-likeness (QED) is 0.720. The summed E-state index contributed by atoms with van der Waals surface area (Å²) in [5.41, 5.74) is 9.44. The molecule has 7 nitrogen and oxygen atoms in total. The highest BCUT2D eigenvalue weighted by Crippen LogP contribution is 2.39. The number of aromatic nitrogens is 3. The second-order valence-corrected chi connectivity index (χ2v) is 6.56. The summed E-state index contributed by atoms with van der Waals surface area (Å²) >= 11 is 6.18. The van der Waals surface area contributed by atoms with Crippen molar-refractivity contribution >= 4 is 34.5 Å². The number of nitrogens with zero attached hydrogens (tertiary/aromatic N) is 3. The van der Waals surface area contributed by atoms with Gasteiger partial charge >= 0.3 is 6.09 Å². The van der Waals surface area contributed by atoms with Crippen LogP contribution in [0, 0.1) is 0 Å². The van der Waals surface area contributed by atoms with E-state index in [9.17, 15) is 4.79 Å². The highest BCUT2D eigenvalue weighted by Gasteiger charge is 2.35. The molecule has 0 saturated heterocycles. The summed E-state index contributed by atoms with van der Waals surface area (Å²) in [5, 5.41) is 1.75. The SMILES string of the molecule is CCOC(=O)N1CCc2c([nH]c3ccc(Cl)cc23)C1c1cnc(N)nc1. The van der Waals surface area contributed by atoms with Crippen molar-refractivity contribution in [3.05, 3.63) is 52.4 Å². The Kier molecular flexibility index (Phi) is 4.16. The third kappa shape index (κ3) is 2.74. The first-order valence-corrected chi connectivity index (χ1v) is 8.77. The molecule has 0 saturated carbocycles. The lowest BCUT2D eigenvalue weighted by atomic mass is 9.94. The molecule has 0 radical (unpaired) electrons. The summed E-state index contributed by atoms with van der Waals surface area (Å²) in [7, 11) is 0. The zero-order valence-corrected chi connectivity index (χ0v) is 15.0. The maximum Gasteiger partial charge on any atom is 0.410 e. The molecule has 2 aromatic heterocycles. The Labute approximate surface area is 155 Å². The van der Waals surface area contributed by atoms with Crippen LogP contribution in [0.15, 0.2) is 30.6 Å². The second-order valence-electron chi connectivity index (χ2n) is 6.13. The van der Waals surface area contributed by atoms with Crippen LogP contribution in [-0.2, 0) is 11.2 Å². The minimum absolute atomic E-state index is 0.191. The van der Waals surface area contributed by atoms with E-state index in [2.05, 4.69) is 15.0 Å². The molecule has 0 aliphatic carbocycles. The molecule has 1 unspecified atom stereocenters. The van der Waals surface area contributed by atoms with Crippen molar-refractivity contribution in [2.45, 2.75) is 19.4 Å². The molecule has 1 amide bonds. The van der Waals surface area contributed by atoms with Gasteiger partial charge in [-0.3, -0.25) is 4.90 Å². The normalized spacial score (nSPS) is 16.5. The minimum Gasteiger partial charge on any atom is -0.450 e. The first-order chi connectivity index (χ1) is 12.6. The van der Waals surface area contributed by atoms with Crippen molar-refractivity contribution in [1.29, 1.82) is 0 Å². The van der Waals surface area contributed by atoms with E-state index >= 15 is 0 Å². The lowest BCUT2D eigenvalue weighted by Gasteiger charge is -2.34. The molecular formula is C18H18ClN5O2. The predicted octanol–water partition coefficient (Wildman–Crippen LogP) is 3.30. The average molecular weight is 372 g/mol. The summed E-state index contributed by atoms with van der Waals surface area (Å²) in [4.78, 5) is 25.8. The number of nitrogens with one attached hydrogen (secondary N) is 1. The van der Waals surface area contributed by atoms with Crippen LogP contribution >= 0.6 is 11.6 Å². The zero-order chi connectivity index (χ0) is 18.3. The molecule has 0 spiro atoms. The third-order valence-corrected chi connectivity index (χ3v) is 4.83. The van der Waals surface area contributed by atoms with Crippen molar-refractivity contribution in [3.8, 4) is 0 Å². The van der Waals surface area contributed by atoms with Gasteiger partial charge in [-0.15, -0.1) is 0 Å². The van der Waals surface area contributed by atoms with E-state index in [-0.39, 0.29) is 18.1 Å². The van der Waals surface area contributed by atoms with E-state index < -0.39 is 0 Å². The van der Waals surface area contributed by atoms with Gasteiger partial charge in [0.2, 0.25) is 5.95 Å². The zero-order valence-electron chi connectivity index (χ0n) is 14.2. The maximum atomic E-state index is 12.5. The molecule has 1 atom stereocenters. The number of rotatable bonds is 2. The Morgan fingerprint density at radius 3 is 2.92 bits per heavy atom. The summed E-state index contributed by atoms with van der Waals surface area (Å²) in [5.74, 6) is 0.191. The van der Waals surface area contributed by atoms with Crippen molar-refractivity contribution in [2.75, 3.05) is 18.9 Å². The van der Waals surface area contributed by atoms with Crippen LogP contribution in [0.5, 0.6) is 0 Å². The van der Waals surface area contributed by atoms with E-state index in [4.69, 9.17) is 22.1 Å². The number of H-pyrrole nitrogens is 1. The lowest BCUT2D eigenvalue weighted by Crippen LogP contribution is -2.41. The fourth-order valence-corrected chi connectivity index (χ4v) is 3.67. The number of nitrogens with two attached hydrogens (primary N) is 1. The highest BCUT2D eigenvalue weighted by atomic mass is 35.5. The van der Waals surface area contributed by atoms with Gasteiger partial charge in [-0.1, -0.05) is 11.6 Å². The molecule has 4 rings (SSSR count).